The molecule has 0 saturated carbocycles. The molecule has 1 amide bonds. The molecule has 0 spiro atoms. The van der Waals surface area contributed by atoms with Gasteiger partial charge in [0.05, 0.1) is 0 Å². The van der Waals surface area contributed by atoms with Gasteiger partial charge in [0.2, 0.25) is 0 Å². The molecule has 1 aromatic rings. The Balaban J connectivity index is 2.52. The van der Waals surface area contributed by atoms with Gasteiger partial charge >= 0.3 is 0 Å². The quantitative estimate of drug-likeness (QED) is 0.575. The SMILES string of the molecule is NCCCNC(=O)c1cccc(Cl)n1. The van der Waals surface area contributed by atoms with E-state index in [4.69, 9.17) is 17.3 Å². The van der Waals surface area contributed by atoms with Crippen LogP contribution in [-0.4, -0.2) is 24.0 Å². The molecule has 1 aromatic heterocycles. The first-order valence-corrected chi connectivity index (χ1v) is 4.72. The average Bonchev–Trinajstić information content (AvgIpc) is 2.18. The van der Waals surface area contributed by atoms with Crippen LogP contribution in [0.1, 0.15) is 16.9 Å². The standard InChI is InChI=1S/C9H12ClN3O/c10-8-4-1-3-7(13-8)9(14)12-6-2-5-11/h1,3-4H,2,5-6,11H2,(H,12,14). The molecule has 0 atom stereocenters. The van der Waals surface area contributed by atoms with Gasteiger partial charge in [-0.05, 0) is 25.1 Å². The van der Waals surface area contributed by atoms with Crippen LogP contribution in [0.25, 0.3) is 0 Å². The number of aromatic nitrogens is 1. The topological polar surface area (TPSA) is 68.0 Å². The van der Waals surface area contributed by atoms with Crippen LogP contribution in [0.2, 0.25) is 5.15 Å². The molecule has 0 fully saturated rings. The van der Waals surface area contributed by atoms with Crippen LogP contribution in [0.3, 0.4) is 0 Å². The summed E-state index contributed by atoms with van der Waals surface area (Å²) in [5.41, 5.74) is 5.62. The second-order valence-electron chi connectivity index (χ2n) is 2.74. The fourth-order valence-electron chi connectivity index (χ4n) is 0.929. The Labute approximate surface area is 87.5 Å². The van der Waals surface area contributed by atoms with Crippen LogP contribution < -0.4 is 11.1 Å². The van der Waals surface area contributed by atoms with Crippen molar-refractivity contribution in [2.75, 3.05) is 13.1 Å². The maximum atomic E-state index is 11.4. The summed E-state index contributed by atoms with van der Waals surface area (Å²) in [5.74, 6) is -0.221. The molecule has 14 heavy (non-hydrogen) atoms. The highest BCUT2D eigenvalue weighted by atomic mass is 35.5. The van der Waals surface area contributed by atoms with Crippen LogP contribution in [0.15, 0.2) is 18.2 Å². The van der Waals surface area contributed by atoms with E-state index in [-0.39, 0.29) is 5.91 Å². The van der Waals surface area contributed by atoms with E-state index in [9.17, 15) is 4.79 Å². The number of nitrogens with one attached hydrogen (secondary N) is 1. The van der Waals surface area contributed by atoms with Crippen LogP contribution in [-0.2, 0) is 0 Å². The maximum Gasteiger partial charge on any atom is 0.269 e. The molecular formula is C9H12ClN3O. The summed E-state index contributed by atoms with van der Waals surface area (Å²) in [6.07, 6.45) is 0.756. The third-order valence-electron chi connectivity index (χ3n) is 1.61. The Hall–Kier alpha value is -1.13. The van der Waals surface area contributed by atoms with Gasteiger partial charge < -0.3 is 11.1 Å². The summed E-state index contributed by atoms with van der Waals surface area (Å²) in [7, 11) is 0. The lowest BCUT2D eigenvalue weighted by Crippen LogP contribution is -2.26. The van der Waals surface area contributed by atoms with Gasteiger partial charge in [0, 0.05) is 6.54 Å². The molecule has 0 aromatic carbocycles. The minimum atomic E-state index is -0.221. The van der Waals surface area contributed by atoms with E-state index < -0.39 is 0 Å². The second-order valence-corrected chi connectivity index (χ2v) is 3.13. The molecule has 3 N–H and O–H groups in total. The highest BCUT2D eigenvalue weighted by Gasteiger charge is 2.05. The predicted octanol–water partition coefficient (Wildman–Crippen LogP) is 0.814. The second kappa shape index (κ2) is 5.57. The molecule has 0 aliphatic rings. The van der Waals surface area contributed by atoms with Crippen molar-refractivity contribution in [1.82, 2.24) is 10.3 Å². The summed E-state index contributed by atoms with van der Waals surface area (Å²) in [6.45, 7) is 1.12. The number of hydrogen-bond acceptors (Lipinski definition) is 3. The largest absolute Gasteiger partial charge is 0.351 e. The van der Waals surface area contributed by atoms with E-state index in [1.165, 1.54) is 0 Å². The van der Waals surface area contributed by atoms with E-state index in [1.54, 1.807) is 18.2 Å². The molecule has 0 aliphatic heterocycles. The first kappa shape index (κ1) is 10.9. The van der Waals surface area contributed by atoms with Crippen molar-refractivity contribution in [3.05, 3.63) is 29.0 Å². The number of carbonyl (C=O) groups excluding carboxylic acids is 1. The molecular weight excluding hydrogens is 202 g/mol. The van der Waals surface area contributed by atoms with Gasteiger partial charge in [-0.25, -0.2) is 4.98 Å². The van der Waals surface area contributed by atoms with Crippen molar-refractivity contribution in [2.24, 2.45) is 5.73 Å². The Morgan fingerprint density at radius 1 is 1.57 bits per heavy atom. The summed E-state index contributed by atoms with van der Waals surface area (Å²) in [5, 5.41) is 3.00. The summed E-state index contributed by atoms with van der Waals surface area (Å²) in [6, 6.07) is 4.93. The van der Waals surface area contributed by atoms with Gasteiger partial charge in [-0.3, -0.25) is 4.79 Å². The third kappa shape index (κ3) is 3.32. The van der Waals surface area contributed by atoms with E-state index >= 15 is 0 Å². The number of rotatable bonds is 4. The number of amides is 1. The zero-order valence-electron chi connectivity index (χ0n) is 7.66. The van der Waals surface area contributed by atoms with Gasteiger partial charge in [0.25, 0.3) is 5.91 Å². The van der Waals surface area contributed by atoms with Crippen LogP contribution in [0, 0.1) is 0 Å². The molecule has 4 nitrogen and oxygen atoms in total. The summed E-state index contributed by atoms with van der Waals surface area (Å²) in [4.78, 5) is 15.3. The van der Waals surface area contributed by atoms with Crippen molar-refractivity contribution >= 4 is 17.5 Å². The number of pyridine rings is 1. The van der Waals surface area contributed by atoms with E-state index in [1.807, 2.05) is 0 Å². The molecule has 0 aliphatic carbocycles. The monoisotopic (exact) mass is 213 g/mol. The minimum Gasteiger partial charge on any atom is -0.351 e. The van der Waals surface area contributed by atoms with E-state index in [0.29, 0.717) is 23.9 Å². The summed E-state index contributed by atoms with van der Waals surface area (Å²) >= 11 is 5.64. The van der Waals surface area contributed by atoms with Crippen molar-refractivity contribution in [1.29, 1.82) is 0 Å². The predicted molar refractivity (Wildman–Crippen MR) is 55.3 cm³/mol. The van der Waals surface area contributed by atoms with Gasteiger partial charge in [-0.2, -0.15) is 0 Å². The average molecular weight is 214 g/mol. The fraction of sp³-hybridized carbons (Fsp3) is 0.333. The number of nitrogens with zero attached hydrogens (tertiary/aromatic N) is 1. The smallest absolute Gasteiger partial charge is 0.269 e. The van der Waals surface area contributed by atoms with Gasteiger partial charge in [0.1, 0.15) is 10.8 Å². The van der Waals surface area contributed by atoms with Crippen LogP contribution >= 0.6 is 11.6 Å². The minimum absolute atomic E-state index is 0.221. The van der Waals surface area contributed by atoms with Gasteiger partial charge in [-0.15, -0.1) is 0 Å². The lowest BCUT2D eigenvalue weighted by atomic mass is 10.3. The van der Waals surface area contributed by atoms with Gasteiger partial charge in [0.15, 0.2) is 0 Å². The molecule has 1 rings (SSSR count). The normalized spacial score (nSPS) is 9.86. The molecule has 5 heteroatoms. The van der Waals surface area contributed by atoms with Crippen LogP contribution in [0.5, 0.6) is 0 Å². The first-order valence-electron chi connectivity index (χ1n) is 4.35. The number of nitrogens with two attached hydrogens (primary N) is 1. The zero-order chi connectivity index (χ0) is 10.4. The third-order valence-corrected chi connectivity index (χ3v) is 1.82. The lowest BCUT2D eigenvalue weighted by molar-refractivity contribution is 0.0948. The molecule has 0 bridgehead atoms. The molecule has 76 valence electrons. The maximum absolute atomic E-state index is 11.4. The number of carbonyl (C=O) groups is 1. The Morgan fingerprint density at radius 2 is 2.36 bits per heavy atom. The zero-order valence-corrected chi connectivity index (χ0v) is 8.42. The lowest BCUT2D eigenvalue weighted by Gasteiger charge is -2.03. The number of hydrogen-bond donors (Lipinski definition) is 2. The fourth-order valence-corrected chi connectivity index (χ4v) is 1.09. The van der Waals surface area contributed by atoms with Crippen molar-refractivity contribution in [2.45, 2.75) is 6.42 Å². The Morgan fingerprint density at radius 3 is 3.00 bits per heavy atom. The van der Waals surface area contributed by atoms with E-state index in [0.717, 1.165) is 6.42 Å². The Bertz CT molecular complexity index is 317. The van der Waals surface area contributed by atoms with Crippen LogP contribution in [0.4, 0.5) is 0 Å². The summed E-state index contributed by atoms with van der Waals surface area (Å²) < 4.78 is 0. The number of halogens is 1. The van der Waals surface area contributed by atoms with Crippen molar-refractivity contribution < 1.29 is 4.79 Å². The Kier molecular flexibility index (Phi) is 4.35. The van der Waals surface area contributed by atoms with E-state index in [2.05, 4.69) is 10.3 Å². The van der Waals surface area contributed by atoms with Gasteiger partial charge in [-0.1, -0.05) is 17.7 Å². The first-order chi connectivity index (χ1) is 6.74. The molecule has 0 saturated heterocycles. The van der Waals surface area contributed by atoms with Crippen molar-refractivity contribution in [3.8, 4) is 0 Å². The highest BCUT2D eigenvalue weighted by molar-refractivity contribution is 6.29. The van der Waals surface area contributed by atoms with Crippen molar-refractivity contribution in [3.63, 3.8) is 0 Å². The molecule has 0 radical (unpaired) electrons. The highest BCUT2D eigenvalue weighted by Crippen LogP contribution is 2.04. The molecule has 1 heterocycles. The molecule has 0 unspecified atom stereocenters.